The van der Waals surface area contributed by atoms with Crippen LogP contribution in [0.25, 0.3) is 0 Å². The molecule has 3 heteroatoms. The van der Waals surface area contributed by atoms with Gasteiger partial charge < -0.3 is 5.32 Å². The molecule has 1 rings (SSSR count). The molecule has 0 saturated heterocycles. The summed E-state index contributed by atoms with van der Waals surface area (Å²) < 4.78 is 2.11. The second-order valence-electron chi connectivity index (χ2n) is 4.19. The van der Waals surface area contributed by atoms with Gasteiger partial charge in [-0.3, -0.25) is 4.68 Å². The molecule has 0 fully saturated rings. The number of nitrogens with one attached hydrogen (secondary N) is 1. The molecule has 1 N–H and O–H groups in total. The summed E-state index contributed by atoms with van der Waals surface area (Å²) in [6.07, 6.45) is 3.40. The quantitative estimate of drug-likeness (QED) is 0.770. The van der Waals surface area contributed by atoms with Crippen LogP contribution in [0.3, 0.4) is 0 Å². The van der Waals surface area contributed by atoms with Gasteiger partial charge in [0.1, 0.15) is 0 Å². The summed E-state index contributed by atoms with van der Waals surface area (Å²) in [5, 5.41) is 8.14. The zero-order chi connectivity index (χ0) is 12.0. The fourth-order valence-corrected chi connectivity index (χ4v) is 1.93. The minimum Gasteiger partial charge on any atom is -0.308 e. The highest BCUT2D eigenvalue weighted by Crippen LogP contribution is 2.07. The Morgan fingerprint density at radius 2 is 1.94 bits per heavy atom. The molecule has 16 heavy (non-hydrogen) atoms. The molecule has 1 heterocycles. The fourth-order valence-electron chi connectivity index (χ4n) is 1.93. The Bertz CT molecular complexity index is 300. The van der Waals surface area contributed by atoms with E-state index in [1.54, 1.807) is 0 Å². The summed E-state index contributed by atoms with van der Waals surface area (Å²) in [6, 6.07) is 2.85. The van der Waals surface area contributed by atoms with Gasteiger partial charge in [-0.25, -0.2) is 0 Å². The molecule has 0 aromatic carbocycles. The fraction of sp³-hybridized carbons (Fsp3) is 0.769. The molecule has 0 saturated carbocycles. The van der Waals surface area contributed by atoms with E-state index in [0.717, 1.165) is 19.5 Å². The van der Waals surface area contributed by atoms with Crippen molar-refractivity contribution in [3.8, 4) is 0 Å². The minimum absolute atomic E-state index is 0.630. The van der Waals surface area contributed by atoms with Gasteiger partial charge >= 0.3 is 0 Å². The molecule has 0 aliphatic rings. The average molecular weight is 223 g/mol. The molecule has 0 bridgehead atoms. The lowest BCUT2D eigenvalue weighted by molar-refractivity contribution is 0.467. The van der Waals surface area contributed by atoms with Crippen LogP contribution in [0.1, 0.15) is 51.9 Å². The summed E-state index contributed by atoms with van der Waals surface area (Å²) in [5.41, 5.74) is 2.51. The van der Waals surface area contributed by atoms with E-state index in [1.165, 1.54) is 24.2 Å². The molecule has 3 nitrogen and oxygen atoms in total. The molecule has 0 atom stereocenters. The first-order valence-electron chi connectivity index (χ1n) is 6.54. The third kappa shape index (κ3) is 3.34. The van der Waals surface area contributed by atoms with Crippen LogP contribution in [0.15, 0.2) is 6.07 Å². The van der Waals surface area contributed by atoms with E-state index in [4.69, 9.17) is 0 Å². The highest BCUT2D eigenvalue weighted by atomic mass is 15.3. The van der Waals surface area contributed by atoms with Crippen LogP contribution < -0.4 is 5.32 Å². The van der Waals surface area contributed by atoms with Crippen LogP contribution in [0.2, 0.25) is 0 Å². The van der Waals surface area contributed by atoms with Crippen molar-refractivity contribution in [3.63, 3.8) is 0 Å². The number of aromatic nitrogens is 2. The van der Waals surface area contributed by atoms with Crippen LogP contribution in [-0.4, -0.2) is 15.8 Å². The lowest BCUT2D eigenvalue weighted by Crippen LogP contribution is -2.28. The van der Waals surface area contributed by atoms with Crippen LogP contribution in [0.4, 0.5) is 0 Å². The van der Waals surface area contributed by atoms with E-state index in [9.17, 15) is 0 Å². The van der Waals surface area contributed by atoms with Crippen LogP contribution in [0, 0.1) is 0 Å². The maximum Gasteiger partial charge on any atom is 0.0625 e. The Balaban J connectivity index is 2.61. The van der Waals surface area contributed by atoms with Gasteiger partial charge in [-0.15, -0.1) is 0 Å². The van der Waals surface area contributed by atoms with E-state index >= 15 is 0 Å². The molecule has 1 aromatic heterocycles. The Morgan fingerprint density at radius 3 is 2.44 bits per heavy atom. The standard InChI is InChI=1S/C13H25N3/c1-5-11(6-2)14-10-13-9-12(7-3)15-16(13)8-4/h9,11,14H,5-8,10H2,1-4H3. The highest BCUT2D eigenvalue weighted by molar-refractivity contribution is 5.10. The van der Waals surface area contributed by atoms with Crippen LogP contribution in [-0.2, 0) is 19.5 Å². The number of hydrogen-bond donors (Lipinski definition) is 1. The maximum atomic E-state index is 4.55. The molecule has 0 aliphatic carbocycles. The third-order valence-electron chi connectivity index (χ3n) is 3.13. The monoisotopic (exact) mass is 223 g/mol. The van der Waals surface area contributed by atoms with Gasteiger partial charge in [0.15, 0.2) is 0 Å². The van der Waals surface area contributed by atoms with Gasteiger partial charge in [-0.2, -0.15) is 5.10 Å². The highest BCUT2D eigenvalue weighted by Gasteiger charge is 2.07. The molecule has 1 aromatic rings. The van der Waals surface area contributed by atoms with Gasteiger partial charge in [0.2, 0.25) is 0 Å². The second kappa shape index (κ2) is 6.69. The Labute approximate surface area is 99.2 Å². The van der Waals surface area contributed by atoms with Crippen molar-refractivity contribution in [2.75, 3.05) is 0 Å². The number of rotatable bonds is 7. The molecular weight excluding hydrogens is 198 g/mol. The van der Waals surface area contributed by atoms with Crippen molar-refractivity contribution in [2.45, 2.75) is 66.1 Å². The summed E-state index contributed by atoms with van der Waals surface area (Å²) in [4.78, 5) is 0. The Morgan fingerprint density at radius 1 is 1.25 bits per heavy atom. The minimum atomic E-state index is 0.630. The average Bonchev–Trinajstić information content (AvgIpc) is 2.73. The smallest absolute Gasteiger partial charge is 0.0625 e. The number of nitrogens with zero attached hydrogens (tertiary/aromatic N) is 2. The Hall–Kier alpha value is -0.830. The van der Waals surface area contributed by atoms with Crippen LogP contribution >= 0.6 is 0 Å². The summed E-state index contributed by atoms with van der Waals surface area (Å²) in [6.45, 7) is 10.7. The summed E-state index contributed by atoms with van der Waals surface area (Å²) in [5.74, 6) is 0. The van der Waals surface area contributed by atoms with E-state index in [0.29, 0.717) is 6.04 Å². The van der Waals surface area contributed by atoms with Crippen molar-refractivity contribution < 1.29 is 0 Å². The molecule has 0 spiro atoms. The predicted octanol–water partition coefficient (Wildman–Crippen LogP) is 2.74. The van der Waals surface area contributed by atoms with Crippen molar-refractivity contribution in [2.24, 2.45) is 0 Å². The van der Waals surface area contributed by atoms with Gasteiger partial charge in [-0.1, -0.05) is 20.8 Å². The van der Waals surface area contributed by atoms with Crippen molar-refractivity contribution >= 4 is 0 Å². The van der Waals surface area contributed by atoms with E-state index < -0.39 is 0 Å². The van der Waals surface area contributed by atoms with E-state index in [2.05, 4.69) is 48.9 Å². The van der Waals surface area contributed by atoms with E-state index in [1.807, 2.05) is 0 Å². The molecular formula is C13H25N3. The second-order valence-corrected chi connectivity index (χ2v) is 4.19. The number of hydrogen-bond acceptors (Lipinski definition) is 2. The lowest BCUT2D eigenvalue weighted by atomic mass is 10.1. The largest absolute Gasteiger partial charge is 0.308 e. The first-order chi connectivity index (χ1) is 7.74. The maximum absolute atomic E-state index is 4.55. The summed E-state index contributed by atoms with van der Waals surface area (Å²) in [7, 11) is 0. The molecule has 0 unspecified atom stereocenters. The lowest BCUT2D eigenvalue weighted by Gasteiger charge is -2.14. The molecule has 0 aliphatic heterocycles. The van der Waals surface area contributed by atoms with Gasteiger partial charge in [-0.05, 0) is 32.3 Å². The van der Waals surface area contributed by atoms with Gasteiger partial charge in [0.25, 0.3) is 0 Å². The van der Waals surface area contributed by atoms with Crippen molar-refractivity contribution in [1.29, 1.82) is 0 Å². The zero-order valence-corrected chi connectivity index (χ0v) is 11.1. The molecule has 92 valence electrons. The van der Waals surface area contributed by atoms with E-state index in [-0.39, 0.29) is 0 Å². The predicted molar refractivity (Wildman–Crippen MR) is 68.5 cm³/mol. The van der Waals surface area contributed by atoms with Gasteiger partial charge in [0.05, 0.1) is 11.4 Å². The molecule has 0 amide bonds. The number of aryl methyl sites for hydroxylation is 2. The van der Waals surface area contributed by atoms with Crippen LogP contribution in [0.5, 0.6) is 0 Å². The first kappa shape index (κ1) is 13.2. The van der Waals surface area contributed by atoms with Crippen molar-refractivity contribution in [3.05, 3.63) is 17.5 Å². The topological polar surface area (TPSA) is 29.9 Å². The Kier molecular flexibility index (Phi) is 5.53. The normalized spacial score (nSPS) is 11.3. The first-order valence-corrected chi connectivity index (χ1v) is 6.54. The summed E-state index contributed by atoms with van der Waals surface area (Å²) >= 11 is 0. The SMILES string of the molecule is CCc1cc(CNC(CC)CC)n(CC)n1. The van der Waals surface area contributed by atoms with Gasteiger partial charge in [0, 0.05) is 19.1 Å². The third-order valence-corrected chi connectivity index (χ3v) is 3.13. The van der Waals surface area contributed by atoms with Crippen molar-refractivity contribution in [1.82, 2.24) is 15.1 Å². The molecule has 0 radical (unpaired) electrons. The zero-order valence-electron chi connectivity index (χ0n) is 11.1.